The molecule has 0 atom stereocenters. The summed E-state index contributed by atoms with van der Waals surface area (Å²) < 4.78 is 0. The second kappa shape index (κ2) is 4.60. The minimum Gasteiger partial charge on any atom is -0.184 e. The monoisotopic (exact) mass is 177 g/mol. The lowest BCUT2D eigenvalue weighted by molar-refractivity contribution is 0.578. The highest BCUT2D eigenvalue weighted by atomic mass is 15.5. The maximum atomic E-state index is 4.24. The molecule has 0 fully saturated rings. The van der Waals surface area contributed by atoms with Crippen molar-refractivity contribution < 1.29 is 0 Å². The van der Waals surface area contributed by atoms with Crippen molar-refractivity contribution in [3.8, 4) is 0 Å². The molecule has 0 N–H and O–H groups in total. The van der Waals surface area contributed by atoms with Crippen LogP contribution in [-0.2, 0) is 6.54 Å². The molecule has 1 aromatic carbocycles. The first-order valence-corrected chi connectivity index (χ1v) is 4.70. The van der Waals surface area contributed by atoms with Crippen molar-refractivity contribution in [1.82, 2.24) is 15.0 Å². The van der Waals surface area contributed by atoms with Gasteiger partial charge in [-0.05, 0) is 19.1 Å². The first kappa shape index (κ1) is 9.71. The number of rotatable bonds is 1. The molecule has 0 radical (unpaired) electrons. The van der Waals surface area contributed by atoms with Gasteiger partial charge in [-0.3, -0.25) is 0 Å². The number of nitrogens with zero attached hydrogens (tertiary/aromatic N) is 3. The molecule has 0 saturated heterocycles. The van der Waals surface area contributed by atoms with E-state index in [1.165, 1.54) is 0 Å². The van der Waals surface area contributed by atoms with Crippen LogP contribution in [0.1, 0.15) is 20.8 Å². The van der Waals surface area contributed by atoms with E-state index in [1.807, 2.05) is 45.0 Å². The molecule has 0 aliphatic heterocycles. The first-order valence-electron chi connectivity index (χ1n) is 4.70. The Hall–Kier alpha value is -1.38. The van der Waals surface area contributed by atoms with Gasteiger partial charge in [0.25, 0.3) is 0 Å². The third-order valence-electron chi connectivity index (χ3n) is 1.61. The van der Waals surface area contributed by atoms with Crippen LogP contribution in [0.15, 0.2) is 24.3 Å². The van der Waals surface area contributed by atoms with Crippen molar-refractivity contribution in [3.63, 3.8) is 0 Å². The van der Waals surface area contributed by atoms with Crippen molar-refractivity contribution in [3.05, 3.63) is 24.3 Å². The highest BCUT2D eigenvalue weighted by Gasteiger charge is 1.97. The summed E-state index contributed by atoms with van der Waals surface area (Å²) in [5, 5.41) is 8.47. The van der Waals surface area contributed by atoms with E-state index in [0.717, 1.165) is 17.6 Å². The van der Waals surface area contributed by atoms with Gasteiger partial charge in [-0.25, -0.2) is 0 Å². The molecule has 2 aromatic rings. The number of aromatic nitrogens is 3. The average molecular weight is 177 g/mol. The number of hydrogen-bond acceptors (Lipinski definition) is 2. The number of hydrogen-bond donors (Lipinski definition) is 0. The SMILES string of the molecule is CC.CCn1nc2ccccc2n1. The summed E-state index contributed by atoms with van der Waals surface area (Å²) in [6.07, 6.45) is 0. The minimum atomic E-state index is 0.828. The van der Waals surface area contributed by atoms with Crippen molar-refractivity contribution in [2.24, 2.45) is 0 Å². The molecule has 0 saturated carbocycles. The summed E-state index contributed by atoms with van der Waals surface area (Å²) in [6, 6.07) is 7.87. The van der Waals surface area contributed by atoms with E-state index in [1.54, 1.807) is 4.80 Å². The van der Waals surface area contributed by atoms with Crippen LogP contribution in [0.25, 0.3) is 11.0 Å². The van der Waals surface area contributed by atoms with Crippen LogP contribution >= 0.6 is 0 Å². The Morgan fingerprint density at radius 2 is 1.54 bits per heavy atom. The Balaban J connectivity index is 0.000000396. The standard InChI is InChI=1S/C8H9N3.C2H6/c1-2-11-9-7-5-3-4-6-8(7)10-11;1-2/h3-6H,2H2,1H3;1-2H3. The molecule has 1 heterocycles. The van der Waals surface area contributed by atoms with Crippen LogP contribution in [0, 0.1) is 0 Å². The lowest BCUT2D eigenvalue weighted by Gasteiger charge is -1.86. The van der Waals surface area contributed by atoms with Crippen molar-refractivity contribution in [1.29, 1.82) is 0 Å². The summed E-state index contributed by atoms with van der Waals surface area (Å²) in [5.74, 6) is 0. The molecular weight excluding hydrogens is 162 g/mol. The second-order valence-electron chi connectivity index (χ2n) is 2.38. The predicted octanol–water partition coefficient (Wildman–Crippen LogP) is 2.48. The fourth-order valence-electron chi connectivity index (χ4n) is 1.05. The van der Waals surface area contributed by atoms with E-state index in [0.29, 0.717) is 0 Å². The normalized spacial score (nSPS) is 9.46. The smallest absolute Gasteiger partial charge is 0.113 e. The van der Waals surface area contributed by atoms with E-state index in [2.05, 4.69) is 10.2 Å². The molecule has 0 aliphatic carbocycles. The van der Waals surface area contributed by atoms with E-state index >= 15 is 0 Å². The molecule has 2 rings (SSSR count). The number of aryl methyl sites for hydroxylation is 1. The van der Waals surface area contributed by atoms with Gasteiger partial charge in [-0.2, -0.15) is 15.0 Å². The van der Waals surface area contributed by atoms with Crippen LogP contribution in [-0.4, -0.2) is 15.0 Å². The molecule has 0 bridgehead atoms. The molecule has 3 heteroatoms. The van der Waals surface area contributed by atoms with Crippen LogP contribution in [0.2, 0.25) is 0 Å². The molecule has 0 spiro atoms. The lowest BCUT2D eigenvalue weighted by atomic mass is 10.3. The van der Waals surface area contributed by atoms with E-state index in [-0.39, 0.29) is 0 Å². The molecule has 0 aliphatic rings. The van der Waals surface area contributed by atoms with Gasteiger partial charge in [0.2, 0.25) is 0 Å². The Labute approximate surface area is 78.4 Å². The Morgan fingerprint density at radius 3 is 1.92 bits per heavy atom. The van der Waals surface area contributed by atoms with E-state index in [9.17, 15) is 0 Å². The van der Waals surface area contributed by atoms with Crippen molar-refractivity contribution >= 4 is 11.0 Å². The summed E-state index contributed by atoms with van der Waals surface area (Å²) in [6.45, 7) is 6.85. The fourth-order valence-corrected chi connectivity index (χ4v) is 1.05. The second-order valence-corrected chi connectivity index (χ2v) is 2.38. The highest BCUT2D eigenvalue weighted by molar-refractivity contribution is 5.72. The zero-order chi connectivity index (χ0) is 9.68. The van der Waals surface area contributed by atoms with Gasteiger partial charge >= 0.3 is 0 Å². The summed E-state index contributed by atoms with van der Waals surface area (Å²) in [5.41, 5.74) is 1.93. The molecular formula is C10H15N3. The zero-order valence-electron chi connectivity index (χ0n) is 8.36. The summed E-state index contributed by atoms with van der Waals surface area (Å²) in [7, 11) is 0. The maximum absolute atomic E-state index is 4.24. The Kier molecular flexibility index (Phi) is 3.43. The molecule has 13 heavy (non-hydrogen) atoms. The highest BCUT2D eigenvalue weighted by Crippen LogP contribution is 2.06. The largest absolute Gasteiger partial charge is 0.184 e. The molecule has 3 nitrogen and oxygen atoms in total. The van der Waals surface area contributed by atoms with Gasteiger partial charge < -0.3 is 0 Å². The van der Waals surface area contributed by atoms with Gasteiger partial charge in [0, 0.05) is 0 Å². The van der Waals surface area contributed by atoms with Crippen LogP contribution < -0.4 is 0 Å². The van der Waals surface area contributed by atoms with Gasteiger partial charge in [0.15, 0.2) is 0 Å². The van der Waals surface area contributed by atoms with E-state index in [4.69, 9.17) is 0 Å². The average Bonchev–Trinajstić information content (AvgIpc) is 2.63. The lowest BCUT2D eigenvalue weighted by Crippen LogP contribution is -1.97. The number of fused-ring (bicyclic) bond motifs is 1. The van der Waals surface area contributed by atoms with Gasteiger partial charge in [-0.15, -0.1) is 0 Å². The molecule has 1 aromatic heterocycles. The third kappa shape index (κ3) is 2.05. The van der Waals surface area contributed by atoms with Gasteiger partial charge in [0.05, 0.1) is 6.54 Å². The molecule has 0 amide bonds. The van der Waals surface area contributed by atoms with Crippen molar-refractivity contribution in [2.75, 3.05) is 0 Å². The first-order chi connectivity index (χ1) is 6.40. The predicted molar refractivity (Wildman–Crippen MR) is 54.6 cm³/mol. The van der Waals surface area contributed by atoms with Gasteiger partial charge in [0.1, 0.15) is 11.0 Å². The van der Waals surface area contributed by atoms with Crippen LogP contribution in [0.3, 0.4) is 0 Å². The van der Waals surface area contributed by atoms with Gasteiger partial charge in [-0.1, -0.05) is 26.0 Å². The molecule has 70 valence electrons. The quantitative estimate of drug-likeness (QED) is 0.670. The summed E-state index contributed by atoms with van der Waals surface area (Å²) in [4.78, 5) is 1.70. The topological polar surface area (TPSA) is 30.7 Å². The van der Waals surface area contributed by atoms with Crippen LogP contribution in [0.4, 0.5) is 0 Å². The number of benzene rings is 1. The van der Waals surface area contributed by atoms with Crippen LogP contribution in [0.5, 0.6) is 0 Å². The molecule has 0 unspecified atom stereocenters. The maximum Gasteiger partial charge on any atom is 0.113 e. The summed E-state index contributed by atoms with van der Waals surface area (Å²) >= 11 is 0. The Bertz CT molecular complexity index is 332. The minimum absolute atomic E-state index is 0.828. The Morgan fingerprint density at radius 1 is 1.08 bits per heavy atom. The van der Waals surface area contributed by atoms with Crippen molar-refractivity contribution in [2.45, 2.75) is 27.3 Å². The fraction of sp³-hybridized carbons (Fsp3) is 0.400. The zero-order valence-corrected chi connectivity index (χ0v) is 8.36. The van der Waals surface area contributed by atoms with E-state index < -0.39 is 0 Å². The third-order valence-corrected chi connectivity index (χ3v) is 1.61.